The van der Waals surface area contributed by atoms with Crippen molar-refractivity contribution < 1.29 is 20.3 Å². The Balaban J connectivity index is 3.48. The van der Waals surface area contributed by atoms with E-state index in [1.165, 1.54) is 6.42 Å². The van der Waals surface area contributed by atoms with Crippen molar-refractivity contribution in [2.75, 3.05) is 0 Å². The van der Waals surface area contributed by atoms with E-state index in [0.717, 1.165) is 18.8 Å². The summed E-state index contributed by atoms with van der Waals surface area (Å²) in [5.41, 5.74) is 0. The fourth-order valence-electron chi connectivity index (χ4n) is 1.43. The first-order chi connectivity index (χ1) is 6.60. The molecule has 0 amide bonds. The lowest BCUT2D eigenvalue weighted by Gasteiger charge is -2.15. The Hall–Kier alpha value is -0.160. The second-order valence-electron chi connectivity index (χ2n) is 4.31. The summed E-state index contributed by atoms with van der Waals surface area (Å²) in [6.45, 7) is 6.44. The van der Waals surface area contributed by atoms with Crippen molar-refractivity contribution >= 4 is 0 Å². The molecule has 14 heavy (non-hydrogen) atoms. The lowest BCUT2D eigenvalue weighted by atomic mass is 9.97. The van der Waals surface area contributed by atoms with Gasteiger partial charge in [-0.2, -0.15) is 0 Å². The summed E-state index contributed by atoms with van der Waals surface area (Å²) < 4.78 is 0. The van der Waals surface area contributed by atoms with Gasteiger partial charge < -0.3 is 0 Å². The van der Waals surface area contributed by atoms with E-state index in [2.05, 4.69) is 23.6 Å². The van der Waals surface area contributed by atoms with Gasteiger partial charge in [0.05, 0.1) is 0 Å². The van der Waals surface area contributed by atoms with Crippen molar-refractivity contribution in [3.63, 3.8) is 0 Å². The highest BCUT2D eigenvalue weighted by Gasteiger charge is 2.14. The molecular weight excluding hydrogens is 184 g/mol. The van der Waals surface area contributed by atoms with Gasteiger partial charge in [0.2, 0.25) is 6.29 Å². The number of hydrogen-bond donors (Lipinski definition) is 2. The highest BCUT2D eigenvalue weighted by molar-refractivity contribution is 4.56. The molecule has 0 unspecified atom stereocenters. The minimum Gasteiger partial charge on any atom is -0.249 e. The highest BCUT2D eigenvalue weighted by Crippen LogP contribution is 2.17. The summed E-state index contributed by atoms with van der Waals surface area (Å²) in [7, 11) is 0. The summed E-state index contributed by atoms with van der Waals surface area (Å²) in [6, 6.07) is 0. The highest BCUT2D eigenvalue weighted by atomic mass is 17.2. The monoisotopic (exact) mass is 206 g/mol. The van der Waals surface area contributed by atoms with Gasteiger partial charge in [-0.1, -0.05) is 40.0 Å². The normalized spacial score (nSPS) is 13.9. The van der Waals surface area contributed by atoms with Crippen LogP contribution in [0.25, 0.3) is 0 Å². The number of rotatable bonds is 8. The molecule has 2 N–H and O–H groups in total. The molecule has 0 bridgehead atoms. The zero-order chi connectivity index (χ0) is 11.0. The predicted molar refractivity (Wildman–Crippen MR) is 53.7 cm³/mol. The first kappa shape index (κ1) is 13.8. The van der Waals surface area contributed by atoms with E-state index in [4.69, 9.17) is 10.5 Å². The fraction of sp³-hybridized carbons (Fsp3) is 1.00. The van der Waals surface area contributed by atoms with Gasteiger partial charge in [-0.15, -0.1) is 0 Å². The Morgan fingerprint density at radius 3 is 2.00 bits per heavy atom. The average molecular weight is 206 g/mol. The van der Waals surface area contributed by atoms with Crippen LogP contribution in [0.2, 0.25) is 0 Å². The molecule has 0 aromatic heterocycles. The van der Waals surface area contributed by atoms with Crippen molar-refractivity contribution in [1.29, 1.82) is 0 Å². The largest absolute Gasteiger partial charge is 0.249 e. The van der Waals surface area contributed by atoms with Gasteiger partial charge in [-0.05, 0) is 11.8 Å². The van der Waals surface area contributed by atoms with E-state index in [9.17, 15) is 0 Å². The molecule has 0 aliphatic heterocycles. The minimum absolute atomic E-state index is 0.373. The lowest BCUT2D eigenvalue weighted by Crippen LogP contribution is -2.17. The van der Waals surface area contributed by atoms with Gasteiger partial charge in [0.25, 0.3) is 0 Å². The minimum atomic E-state index is -0.913. The summed E-state index contributed by atoms with van der Waals surface area (Å²) in [6.07, 6.45) is 3.01. The average Bonchev–Trinajstić information content (AvgIpc) is 2.13. The topological polar surface area (TPSA) is 58.9 Å². The van der Waals surface area contributed by atoms with E-state index in [1.807, 2.05) is 6.92 Å². The SMILES string of the molecule is CC(C)CCC[C@@H](C)CC(OO)OO. The van der Waals surface area contributed by atoms with Crippen LogP contribution in [0.15, 0.2) is 0 Å². The Kier molecular flexibility index (Phi) is 8.08. The Bertz CT molecular complexity index is 123. The van der Waals surface area contributed by atoms with Crippen molar-refractivity contribution in [3.8, 4) is 0 Å². The lowest BCUT2D eigenvalue weighted by molar-refractivity contribution is -0.434. The van der Waals surface area contributed by atoms with Gasteiger partial charge in [-0.3, -0.25) is 0 Å². The van der Waals surface area contributed by atoms with Crippen molar-refractivity contribution in [2.24, 2.45) is 11.8 Å². The zero-order valence-corrected chi connectivity index (χ0v) is 9.27. The molecule has 86 valence electrons. The quantitative estimate of drug-likeness (QED) is 0.364. The van der Waals surface area contributed by atoms with Crippen molar-refractivity contribution in [1.82, 2.24) is 0 Å². The molecule has 0 aromatic rings. The van der Waals surface area contributed by atoms with E-state index in [1.54, 1.807) is 0 Å². The molecule has 0 aliphatic rings. The van der Waals surface area contributed by atoms with Crippen LogP contribution < -0.4 is 0 Å². The summed E-state index contributed by atoms with van der Waals surface area (Å²) in [5.74, 6) is 1.10. The molecule has 4 heteroatoms. The van der Waals surface area contributed by atoms with Crippen LogP contribution in [0.4, 0.5) is 0 Å². The van der Waals surface area contributed by atoms with Crippen LogP contribution in [-0.2, 0) is 9.78 Å². The molecule has 0 saturated heterocycles. The van der Waals surface area contributed by atoms with Crippen LogP contribution in [0.5, 0.6) is 0 Å². The van der Waals surface area contributed by atoms with Crippen LogP contribution in [0.3, 0.4) is 0 Å². The van der Waals surface area contributed by atoms with E-state index in [0.29, 0.717) is 12.3 Å². The third-order valence-corrected chi connectivity index (χ3v) is 2.31. The molecule has 0 aliphatic carbocycles. The van der Waals surface area contributed by atoms with E-state index in [-0.39, 0.29) is 0 Å². The molecule has 0 saturated carbocycles. The molecule has 0 aromatic carbocycles. The van der Waals surface area contributed by atoms with Crippen molar-refractivity contribution in [2.45, 2.75) is 52.7 Å². The standard InChI is InChI=1S/C10H22O4/c1-8(2)5-4-6-9(3)7-10(13-11)14-12/h8-12H,4-7H2,1-3H3/t9-/m1/s1. The second kappa shape index (κ2) is 8.17. The third-order valence-electron chi connectivity index (χ3n) is 2.31. The second-order valence-corrected chi connectivity index (χ2v) is 4.31. The van der Waals surface area contributed by atoms with E-state index >= 15 is 0 Å². The van der Waals surface area contributed by atoms with Gasteiger partial charge in [-0.25, -0.2) is 20.3 Å². The zero-order valence-electron chi connectivity index (χ0n) is 9.27. The van der Waals surface area contributed by atoms with Gasteiger partial charge in [0, 0.05) is 6.42 Å². The fourth-order valence-corrected chi connectivity index (χ4v) is 1.43. The smallest absolute Gasteiger partial charge is 0.224 e. The molecule has 1 atom stereocenters. The molecule has 0 spiro atoms. The molecule has 0 heterocycles. The molecule has 4 nitrogen and oxygen atoms in total. The van der Waals surface area contributed by atoms with Crippen LogP contribution in [0, 0.1) is 11.8 Å². The molecule has 0 rings (SSSR count). The number of hydrogen-bond acceptors (Lipinski definition) is 4. The Morgan fingerprint density at radius 2 is 1.57 bits per heavy atom. The molecular formula is C10H22O4. The summed E-state index contributed by atoms with van der Waals surface area (Å²) in [4.78, 5) is 7.85. The van der Waals surface area contributed by atoms with Crippen LogP contribution in [-0.4, -0.2) is 16.8 Å². The van der Waals surface area contributed by atoms with E-state index < -0.39 is 6.29 Å². The Labute approximate surface area is 85.7 Å². The van der Waals surface area contributed by atoms with Gasteiger partial charge in [0.1, 0.15) is 0 Å². The van der Waals surface area contributed by atoms with Crippen LogP contribution >= 0.6 is 0 Å². The molecule has 0 fully saturated rings. The third kappa shape index (κ3) is 7.26. The van der Waals surface area contributed by atoms with Gasteiger partial charge in [0.15, 0.2) is 0 Å². The van der Waals surface area contributed by atoms with Gasteiger partial charge >= 0.3 is 0 Å². The van der Waals surface area contributed by atoms with Crippen molar-refractivity contribution in [3.05, 3.63) is 0 Å². The summed E-state index contributed by atoms with van der Waals surface area (Å²) in [5, 5.41) is 16.6. The maximum atomic E-state index is 8.30. The molecule has 0 radical (unpaired) electrons. The first-order valence-electron chi connectivity index (χ1n) is 5.20. The van der Waals surface area contributed by atoms with Crippen LogP contribution in [0.1, 0.15) is 46.5 Å². The summed E-state index contributed by atoms with van der Waals surface area (Å²) >= 11 is 0. The predicted octanol–water partition coefficient (Wildman–Crippen LogP) is 3.14. The maximum Gasteiger partial charge on any atom is 0.224 e. The maximum absolute atomic E-state index is 8.30. The Morgan fingerprint density at radius 1 is 1.00 bits per heavy atom. The first-order valence-corrected chi connectivity index (χ1v) is 5.20.